The number of rotatable bonds is 5. The van der Waals surface area contributed by atoms with Gasteiger partial charge in [-0.2, -0.15) is 0 Å². The quantitative estimate of drug-likeness (QED) is 0.360. The fourth-order valence-electron chi connectivity index (χ4n) is 2.27. The number of allylic oxidation sites excluding steroid dienone is 1. The van der Waals surface area contributed by atoms with Crippen molar-refractivity contribution < 1.29 is 24.3 Å². The first-order chi connectivity index (χ1) is 13.4. The first kappa shape index (κ1) is 20.8. The highest BCUT2D eigenvalue weighted by atomic mass is 19.1. The topological polar surface area (TPSA) is 98.7 Å². The van der Waals surface area contributed by atoms with Crippen molar-refractivity contribution in [2.75, 3.05) is 0 Å². The fraction of sp³-hybridized carbons (Fsp3) is 0.143. The first-order valence-electron chi connectivity index (χ1n) is 8.37. The largest absolute Gasteiger partial charge is 0.391 e. The maximum atomic E-state index is 13.1. The van der Waals surface area contributed by atoms with Gasteiger partial charge in [-0.05, 0) is 55.0 Å². The van der Waals surface area contributed by atoms with E-state index in [1.165, 1.54) is 24.5 Å². The molecule has 0 aliphatic heterocycles. The maximum absolute atomic E-state index is 13.1. The van der Waals surface area contributed by atoms with E-state index in [1.807, 2.05) is 0 Å². The van der Waals surface area contributed by atoms with Crippen LogP contribution in [0.15, 0.2) is 54.6 Å². The van der Waals surface area contributed by atoms with Crippen LogP contribution in [0.1, 0.15) is 28.4 Å². The van der Waals surface area contributed by atoms with Gasteiger partial charge in [0.15, 0.2) is 0 Å². The summed E-state index contributed by atoms with van der Waals surface area (Å²) in [7, 11) is 0. The summed E-state index contributed by atoms with van der Waals surface area (Å²) in [5.74, 6) is 3.77. The van der Waals surface area contributed by atoms with Gasteiger partial charge in [0.2, 0.25) is 0 Å². The van der Waals surface area contributed by atoms with Gasteiger partial charge in [-0.25, -0.2) is 9.87 Å². The Bertz CT molecular complexity index is 927. The Hall–Kier alpha value is -3.47. The summed E-state index contributed by atoms with van der Waals surface area (Å²) in [5, 5.41) is 20.6. The number of amides is 2. The number of nitrogens with one attached hydrogen (secondary N) is 2. The molecule has 0 radical (unpaired) electrons. The number of hydrogen-bond donors (Lipinski definition) is 4. The molecular weight excluding hydrogens is 363 g/mol. The normalized spacial score (nSPS) is 12.6. The standard InChI is InChI=1S/C21H19FN2O4/c1-14(25)19(21(27)24-28)23-20(26)17-11-9-15(10-12-17)5-2-3-6-16-7-4-8-18(22)13-16/h2,4-5,7-14,19,25,28H,1H3,(H,23,26)(H,24,27)/b5-2+/t14-,19+/m1/s1. The van der Waals surface area contributed by atoms with E-state index in [4.69, 9.17) is 5.21 Å². The van der Waals surface area contributed by atoms with E-state index in [1.54, 1.807) is 48.6 Å². The van der Waals surface area contributed by atoms with E-state index >= 15 is 0 Å². The fourth-order valence-corrected chi connectivity index (χ4v) is 2.27. The molecular formula is C21H19FN2O4. The molecule has 0 spiro atoms. The van der Waals surface area contributed by atoms with Crippen molar-refractivity contribution in [1.82, 2.24) is 10.8 Å². The summed E-state index contributed by atoms with van der Waals surface area (Å²) in [4.78, 5) is 23.6. The molecule has 0 bridgehead atoms. The molecule has 144 valence electrons. The van der Waals surface area contributed by atoms with Crippen molar-refractivity contribution in [3.63, 3.8) is 0 Å². The molecule has 0 fully saturated rings. The van der Waals surface area contributed by atoms with Crippen molar-refractivity contribution in [2.24, 2.45) is 0 Å². The molecule has 2 atom stereocenters. The Balaban J connectivity index is 2.01. The molecule has 2 aromatic rings. The Morgan fingerprint density at radius 3 is 2.50 bits per heavy atom. The molecule has 28 heavy (non-hydrogen) atoms. The number of hydrogen-bond acceptors (Lipinski definition) is 4. The third kappa shape index (κ3) is 6.06. The highest BCUT2D eigenvalue weighted by Crippen LogP contribution is 2.07. The molecule has 2 rings (SSSR count). The average Bonchev–Trinajstić information content (AvgIpc) is 2.69. The summed E-state index contributed by atoms with van der Waals surface area (Å²) in [6.45, 7) is 1.32. The van der Waals surface area contributed by atoms with Gasteiger partial charge in [-0.1, -0.05) is 30.0 Å². The number of benzene rings is 2. The second kappa shape index (κ2) is 10.0. The second-order valence-electron chi connectivity index (χ2n) is 5.90. The zero-order valence-electron chi connectivity index (χ0n) is 15.0. The first-order valence-corrected chi connectivity index (χ1v) is 8.37. The van der Waals surface area contributed by atoms with Crippen LogP contribution in [-0.4, -0.2) is 34.3 Å². The number of hydroxylamine groups is 1. The van der Waals surface area contributed by atoms with Crippen molar-refractivity contribution in [1.29, 1.82) is 0 Å². The monoisotopic (exact) mass is 382 g/mol. The smallest absolute Gasteiger partial charge is 0.268 e. The van der Waals surface area contributed by atoms with Crippen molar-refractivity contribution in [3.8, 4) is 11.8 Å². The van der Waals surface area contributed by atoms with Gasteiger partial charge >= 0.3 is 0 Å². The van der Waals surface area contributed by atoms with E-state index < -0.39 is 24.0 Å². The molecule has 0 saturated heterocycles. The third-order valence-corrected chi connectivity index (χ3v) is 3.73. The summed E-state index contributed by atoms with van der Waals surface area (Å²) in [5.41, 5.74) is 3.03. The average molecular weight is 382 g/mol. The number of aliphatic hydroxyl groups excluding tert-OH is 1. The second-order valence-corrected chi connectivity index (χ2v) is 5.90. The van der Waals surface area contributed by atoms with Crippen molar-refractivity contribution >= 4 is 17.9 Å². The number of halogens is 1. The van der Waals surface area contributed by atoms with Crippen LogP contribution >= 0.6 is 0 Å². The summed E-state index contributed by atoms with van der Waals surface area (Å²) < 4.78 is 13.1. The van der Waals surface area contributed by atoms with Crippen LogP contribution in [0.25, 0.3) is 6.08 Å². The molecule has 0 heterocycles. The van der Waals surface area contributed by atoms with Gasteiger partial charge in [0.05, 0.1) is 6.10 Å². The Morgan fingerprint density at radius 2 is 1.89 bits per heavy atom. The van der Waals surface area contributed by atoms with Gasteiger partial charge in [0.1, 0.15) is 11.9 Å². The molecule has 0 aromatic heterocycles. The van der Waals surface area contributed by atoms with Gasteiger partial charge in [0, 0.05) is 11.1 Å². The lowest BCUT2D eigenvalue weighted by Crippen LogP contribution is -2.51. The van der Waals surface area contributed by atoms with Gasteiger partial charge in [-0.15, -0.1) is 0 Å². The van der Waals surface area contributed by atoms with Crippen LogP contribution in [0.2, 0.25) is 0 Å². The van der Waals surface area contributed by atoms with Crippen molar-refractivity contribution in [3.05, 3.63) is 77.1 Å². The molecule has 0 saturated carbocycles. The van der Waals surface area contributed by atoms with E-state index in [9.17, 15) is 19.1 Å². The Labute approximate surface area is 161 Å². The molecule has 4 N–H and O–H groups in total. The van der Waals surface area contributed by atoms with E-state index in [0.717, 1.165) is 5.56 Å². The number of aliphatic hydroxyl groups is 1. The summed E-state index contributed by atoms with van der Waals surface area (Å²) in [6.07, 6.45) is 2.15. The van der Waals surface area contributed by atoms with Crippen LogP contribution in [-0.2, 0) is 4.79 Å². The van der Waals surface area contributed by atoms with Gasteiger partial charge < -0.3 is 10.4 Å². The molecule has 2 amide bonds. The molecule has 0 aliphatic carbocycles. The molecule has 7 heteroatoms. The lowest BCUT2D eigenvalue weighted by atomic mass is 10.1. The number of carbonyl (C=O) groups excluding carboxylic acids is 2. The minimum absolute atomic E-state index is 0.277. The lowest BCUT2D eigenvalue weighted by Gasteiger charge is -2.19. The predicted molar refractivity (Wildman–Crippen MR) is 102 cm³/mol. The van der Waals surface area contributed by atoms with Crippen LogP contribution in [0, 0.1) is 17.7 Å². The summed E-state index contributed by atoms with van der Waals surface area (Å²) >= 11 is 0. The van der Waals surface area contributed by atoms with Crippen LogP contribution in [0.3, 0.4) is 0 Å². The van der Waals surface area contributed by atoms with E-state index in [2.05, 4.69) is 17.2 Å². The zero-order valence-corrected chi connectivity index (χ0v) is 15.0. The van der Waals surface area contributed by atoms with E-state index in [-0.39, 0.29) is 11.4 Å². The molecule has 6 nitrogen and oxygen atoms in total. The minimum atomic E-state index is -1.28. The molecule has 0 unspecified atom stereocenters. The van der Waals surface area contributed by atoms with E-state index in [0.29, 0.717) is 5.56 Å². The number of carbonyl (C=O) groups is 2. The molecule has 2 aromatic carbocycles. The van der Waals surface area contributed by atoms with Gasteiger partial charge in [0.25, 0.3) is 11.8 Å². The van der Waals surface area contributed by atoms with Crippen LogP contribution in [0.4, 0.5) is 4.39 Å². The maximum Gasteiger partial charge on any atom is 0.268 e. The lowest BCUT2D eigenvalue weighted by molar-refractivity contribution is -0.133. The Kier molecular flexibility index (Phi) is 7.45. The predicted octanol–water partition coefficient (Wildman–Crippen LogP) is 1.88. The SMILES string of the molecule is C[C@@H](O)[C@H](NC(=O)c1ccc(/C=C/C#Cc2cccc(F)c2)cc1)C(=O)NO. The van der Waals surface area contributed by atoms with Gasteiger partial charge in [-0.3, -0.25) is 14.8 Å². The zero-order chi connectivity index (χ0) is 20.5. The van der Waals surface area contributed by atoms with Crippen LogP contribution < -0.4 is 10.8 Å². The summed E-state index contributed by atoms with van der Waals surface area (Å²) in [6, 6.07) is 11.1. The third-order valence-electron chi connectivity index (χ3n) is 3.73. The highest BCUT2D eigenvalue weighted by molar-refractivity contribution is 5.97. The molecule has 0 aliphatic rings. The van der Waals surface area contributed by atoms with Crippen molar-refractivity contribution in [2.45, 2.75) is 19.1 Å². The highest BCUT2D eigenvalue weighted by Gasteiger charge is 2.25. The van der Waals surface area contributed by atoms with Crippen LogP contribution in [0.5, 0.6) is 0 Å². The minimum Gasteiger partial charge on any atom is -0.391 e. The Morgan fingerprint density at radius 1 is 1.18 bits per heavy atom.